The number of aromatic nitrogens is 3. The predicted molar refractivity (Wildman–Crippen MR) is 99.2 cm³/mol. The summed E-state index contributed by atoms with van der Waals surface area (Å²) in [5.41, 5.74) is 1.01. The highest BCUT2D eigenvalue weighted by molar-refractivity contribution is 7.17. The third kappa shape index (κ3) is 3.10. The number of nitrogens with one attached hydrogen (secondary N) is 1. The molecule has 0 aliphatic carbocycles. The van der Waals surface area contributed by atoms with E-state index in [0.29, 0.717) is 22.6 Å². The number of rotatable bonds is 3. The first-order valence-corrected chi connectivity index (χ1v) is 9.89. The van der Waals surface area contributed by atoms with E-state index in [-0.39, 0.29) is 17.7 Å². The van der Waals surface area contributed by atoms with Gasteiger partial charge in [0.1, 0.15) is 16.5 Å². The summed E-state index contributed by atoms with van der Waals surface area (Å²) in [6.07, 6.45) is 1.22. The second-order valence-corrected chi connectivity index (χ2v) is 8.65. The first-order valence-electron chi connectivity index (χ1n) is 9.07. The fraction of sp³-hybridized carbons (Fsp3) is 0.474. The highest BCUT2D eigenvalue weighted by Gasteiger charge is 2.37. The number of aromatic hydroxyl groups is 1. The van der Waals surface area contributed by atoms with Crippen molar-refractivity contribution < 1.29 is 14.4 Å². The summed E-state index contributed by atoms with van der Waals surface area (Å²) < 4.78 is 15.0. The number of aryl methyl sites for hydroxylation is 1. The van der Waals surface area contributed by atoms with Crippen molar-refractivity contribution in [1.82, 2.24) is 14.6 Å². The van der Waals surface area contributed by atoms with E-state index < -0.39 is 0 Å². The molecule has 0 spiro atoms. The fourth-order valence-electron chi connectivity index (χ4n) is 4.33. The summed E-state index contributed by atoms with van der Waals surface area (Å²) in [5, 5.41) is 15.1. The second-order valence-electron chi connectivity index (χ2n) is 7.64. The Labute approximate surface area is 156 Å². The first kappa shape index (κ1) is 17.4. The molecule has 1 aliphatic heterocycles. The fourth-order valence-corrected chi connectivity index (χ4v) is 5.52. The quantitative estimate of drug-likeness (QED) is 0.740. The lowest BCUT2D eigenvalue weighted by molar-refractivity contribution is -0.936. The molecule has 0 radical (unpaired) electrons. The maximum absolute atomic E-state index is 13.5. The molecule has 0 saturated carbocycles. The summed E-state index contributed by atoms with van der Waals surface area (Å²) in [6.45, 7) is 8.43. The zero-order valence-corrected chi connectivity index (χ0v) is 16.1. The third-order valence-corrected chi connectivity index (χ3v) is 6.29. The molecular weight excluding hydrogens is 351 g/mol. The number of fused-ring (bicyclic) bond motifs is 1. The number of halogens is 1. The minimum Gasteiger partial charge on any atom is -0.492 e. The van der Waals surface area contributed by atoms with Crippen LogP contribution in [-0.2, 0) is 0 Å². The van der Waals surface area contributed by atoms with Crippen LogP contribution in [-0.4, -0.2) is 32.8 Å². The molecule has 4 atom stereocenters. The molecule has 0 bridgehead atoms. The van der Waals surface area contributed by atoms with E-state index in [1.54, 1.807) is 0 Å². The van der Waals surface area contributed by atoms with E-state index in [2.05, 4.69) is 23.9 Å². The summed E-state index contributed by atoms with van der Waals surface area (Å²) in [6, 6.07) is 6.61. The molecule has 7 heteroatoms. The average Bonchev–Trinajstić information content (AvgIpc) is 3.07. The molecule has 5 nitrogen and oxygen atoms in total. The Bertz CT molecular complexity index is 910. The molecule has 26 heavy (non-hydrogen) atoms. The summed E-state index contributed by atoms with van der Waals surface area (Å²) in [5.74, 6) is 1.78. The number of piperidine rings is 1. The Hall–Kier alpha value is -1.99. The second kappa shape index (κ2) is 6.63. The SMILES string of the molecule is Cc1nc2sc([C@H](c3ccc(F)cc3)[NH+]3C[C@H](C)C[C@H](C)C3)c(O)n2n1. The summed E-state index contributed by atoms with van der Waals surface area (Å²) >= 11 is 1.47. The Balaban J connectivity index is 1.82. The normalized spacial score (nSPS) is 24.8. The molecule has 1 aromatic carbocycles. The predicted octanol–water partition coefficient (Wildman–Crippen LogP) is 2.59. The Morgan fingerprint density at radius 1 is 1.23 bits per heavy atom. The van der Waals surface area contributed by atoms with Gasteiger partial charge in [-0.25, -0.2) is 9.37 Å². The van der Waals surface area contributed by atoms with Crippen molar-refractivity contribution in [2.75, 3.05) is 13.1 Å². The molecule has 1 aliphatic rings. The van der Waals surface area contributed by atoms with Gasteiger partial charge in [0, 0.05) is 17.4 Å². The van der Waals surface area contributed by atoms with Crippen LogP contribution in [0.5, 0.6) is 5.88 Å². The molecule has 1 fully saturated rings. The molecule has 1 saturated heterocycles. The zero-order chi connectivity index (χ0) is 18.4. The molecule has 3 aromatic rings. The zero-order valence-electron chi connectivity index (χ0n) is 15.2. The van der Waals surface area contributed by atoms with Gasteiger partial charge in [-0.15, -0.1) is 5.10 Å². The van der Waals surface area contributed by atoms with E-state index in [1.807, 2.05) is 19.1 Å². The lowest BCUT2D eigenvalue weighted by atomic mass is 9.89. The van der Waals surface area contributed by atoms with Crippen molar-refractivity contribution in [3.8, 4) is 5.88 Å². The number of hydrogen-bond donors (Lipinski definition) is 2. The van der Waals surface area contributed by atoms with Gasteiger partial charge in [-0.3, -0.25) is 0 Å². The smallest absolute Gasteiger partial charge is 0.235 e. The largest absolute Gasteiger partial charge is 0.492 e. The number of hydrogen-bond acceptors (Lipinski definition) is 4. The number of benzene rings is 1. The number of quaternary nitrogens is 1. The molecule has 0 amide bonds. The van der Waals surface area contributed by atoms with E-state index in [0.717, 1.165) is 23.5 Å². The molecule has 4 rings (SSSR count). The topological polar surface area (TPSA) is 54.9 Å². The molecule has 138 valence electrons. The van der Waals surface area contributed by atoms with Crippen molar-refractivity contribution >= 4 is 16.3 Å². The van der Waals surface area contributed by atoms with Crippen molar-refractivity contribution in [1.29, 1.82) is 0 Å². The number of nitrogens with zero attached hydrogens (tertiary/aromatic N) is 3. The van der Waals surface area contributed by atoms with Crippen molar-refractivity contribution in [3.63, 3.8) is 0 Å². The molecule has 3 heterocycles. The molecule has 2 N–H and O–H groups in total. The Morgan fingerprint density at radius 2 is 1.88 bits per heavy atom. The van der Waals surface area contributed by atoms with Crippen LogP contribution >= 0.6 is 11.3 Å². The van der Waals surface area contributed by atoms with Crippen molar-refractivity contribution in [2.24, 2.45) is 11.8 Å². The minimum absolute atomic E-state index is 0.0467. The van der Waals surface area contributed by atoms with Crippen molar-refractivity contribution in [2.45, 2.75) is 33.2 Å². The van der Waals surface area contributed by atoms with Crippen LogP contribution < -0.4 is 4.90 Å². The third-order valence-electron chi connectivity index (χ3n) is 5.21. The van der Waals surface area contributed by atoms with Gasteiger partial charge in [-0.05, 0) is 37.6 Å². The van der Waals surface area contributed by atoms with E-state index >= 15 is 0 Å². The monoisotopic (exact) mass is 375 g/mol. The Kier molecular flexibility index (Phi) is 4.44. The van der Waals surface area contributed by atoms with Crippen LogP contribution in [0.2, 0.25) is 0 Å². The average molecular weight is 375 g/mol. The van der Waals surface area contributed by atoms with Crippen LogP contribution in [0.4, 0.5) is 4.39 Å². The van der Waals surface area contributed by atoms with Crippen LogP contribution in [0.15, 0.2) is 24.3 Å². The lowest BCUT2D eigenvalue weighted by Crippen LogP contribution is -3.14. The molecular formula is C19H24FN4OS+. The maximum atomic E-state index is 13.5. The van der Waals surface area contributed by atoms with Gasteiger partial charge < -0.3 is 10.0 Å². The van der Waals surface area contributed by atoms with Gasteiger partial charge in [0.25, 0.3) is 0 Å². The van der Waals surface area contributed by atoms with Gasteiger partial charge in [-0.2, -0.15) is 4.52 Å². The van der Waals surface area contributed by atoms with Crippen LogP contribution in [0, 0.1) is 24.6 Å². The van der Waals surface area contributed by atoms with E-state index in [4.69, 9.17) is 0 Å². The van der Waals surface area contributed by atoms with Crippen LogP contribution in [0.3, 0.4) is 0 Å². The number of thiazole rings is 1. The number of likely N-dealkylation sites (tertiary alicyclic amines) is 1. The summed E-state index contributed by atoms with van der Waals surface area (Å²) in [7, 11) is 0. The standard InChI is InChI=1S/C19H23FN4OS/c1-11-8-12(2)10-23(9-11)16(14-4-6-15(20)7-5-14)17-18(25)24-19(26-17)21-13(3)22-24/h4-7,11-12,16,25H,8-10H2,1-3H3/p+1/t11-,12+,16-/m0/s1. The highest BCUT2D eigenvalue weighted by Crippen LogP contribution is 2.35. The lowest BCUT2D eigenvalue weighted by Gasteiger charge is -2.37. The highest BCUT2D eigenvalue weighted by atomic mass is 32.1. The van der Waals surface area contributed by atoms with Gasteiger partial charge in [0.15, 0.2) is 6.04 Å². The molecule has 1 unspecified atom stereocenters. The Morgan fingerprint density at radius 3 is 2.50 bits per heavy atom. The van der Waals surface area contributed by atoms with Crippen LogP contribution in [0.25, 0.3) is 4.96 Å². The first-order chi connectivity index (χ1) is 12.4. The van der Waals surface area contributed by atoms with Gasteiger partial charge in [-0.1, -0.05) is 25.2 Å². The minimum atomic E-state index is -0.245. The van der Waals surface area contributed by atoms with Crippen molar-refractivity contribution in [3.05, 3.63) is 46.3 Å². The van der Waals surface area contributed by atoms with Gasteiger partial charge >= 0.3 is 0 Å². The van der Waals surface area contributed by atoms with Crippen LogP contribution in [0.1, 0.15) is 42.6 Å². The van der Waals surface area contributed by atoms with E-state index in [9.17, 15) is 9.50 Å². The van der Waals surface area contributed by atoms with E-state index in [1.165, 1.54) is 39.3 Å². The summed E-state index contributed by atoms with van der Waals surface area (Å²) in [4.78, 5) is 7.35. The molecule has 2 aromatic heterocycles. The van der Waals surface area contributed by atoms with Gasteiger partial charge in [0.05, 0.1) is 13.1 Å². The maximum Gasteiger partial charge on any atom is 0.235 e. The van der Waals surface area contributed by atoms with Gasteiger partial charge in [0.2, 0.25) is 10.8 Å².